The third-order valence-corrected chi connectivity index (χ3v) is 4.38. The average Bonchev–Trinajstić information content (AvgIpc) is 2.76. The highest BCUT2D eigenvalue weighted by atomic mass is 32.2. The zero-order valence-electron chi connectivity index (χ0n) is 11.0. The molecular formula is C15H14O4S. The van der Waals surface area contributed by atoms with Crippen LogP contribution in [0.3, 0.4) is 0 Å². The van der Waals surface area contributed by atoms with Crippen LogP contribution in [0, 0.1) is 0 Å². The Bertz CT molecular complexity index is 862. The Labute approximate surface area is 117 Å². The van der Waals surface area contributed by atoms with Gasteiger partial charge < -0.3 is 8.60 Å². The average molecular weight is 290 g/mol. The largest absolute Gasteiger partial charge is 0.456 e. The standard InChI is InChI=1S/C15H14O4S/c1-2-9-20(16,17)19-11-7-8-15-13(10-11)12-5-3-4-6-14(12)18-15/h3-8,10H,2,9H2,1H3. The lowest BCUT2D eigenvalue weighted by molar-refractivity contribution is 0.485. The molecule has 0 bridgehead atoms. The summed E-state index contributed by atoms with van der Waals surface area (Å²) in [5, 5.41) is 1.80. The molecule has 3 rings (SSSR count). The molecule has 0 atom stereocenters. The molecule has 0 N–H and O–H groups in total. The van der Waals surface area contributed by atoms with Gasteiger partial charge in [-0.25, -0.2) is 0 Å². The molecule has 1 aromatic heterocycles. The van der Waals surface area contributed by atoms with Gasteiger partial charge in [-0.05, 0) is 30.7 Å². The predicted octanol–water partition coefficient (Wildman–Crippen LogP) is 3.70. The fraction of sp³-hybridized carbons (Fsp3) is 0.200. The van der Waals surface area contributed by atoms with E-state index in [2.05, 4.69) is 0 Å². The molecule has 1 heterocycles. The van der Waals surface area contributed by atoms with Crippen molar-refractivity contribution in [2.24, 2.45) is 0 Å². The fourth-order valence-corrected chi connectivity index (χ4v) is 3.18. The molecule has 0 aliphatic carbocycles. The van der Waals surface area contributed by atoms with E-state index in [1.807, 2.05) is 24.3 Å². The molecular weight excluding hydrogens is 276 g/mol. The van der Waals surface area contributed by atoms with Crippen LogP contribution in [0.15, 0.2) is 46.9 Å². The van der Waals surface area contributed by atoms with Crippen LogP contribution >= 0.6 is 0 Å². The van der Waals surface area contributed by atoms with Gasteiger partial charge in [0.25, 0.3) is 0 Å². The molecule has 0 saturated carbocycles. The molecule has 0 aliphatic heterocycles. The van der Waals surface area contributed by atoms with Gasteiger partial charge in [0.15, 0.2) is 0 Å². The van der Waals surface area contributed by atoms with E-state index in [4.69, 9.17) is 8.60 Å². The van der Waals surface area contributed by atoms with E-state index in [1.54, 1.807) is 25.1 Å². The zero-order chi connectivity index (χ0) is 14.2. The Kier molecular flexibility index (Phi) is 3.14. The third-order valence-electron chi connectivity index (χ3n) is 3.03. The topological polar surface area (TPSA) is 56.5 Å². The minimum atomic E-state index is -3.52. The Morgan fingerprint density at radius 2 is 1.80 bits per heavy atom. The van der Waals surface area contributed by atoms with Crippen molar-refractivity contribution in [3.63, 3.8) is 0 Å². The first-order valence-electron chi connectivity index (χ1n) is 6.42. The number of hydrogen-bond donors (Lipinski definition) is 0. The van der Waals surface area contributed by atoms with Crippen LogP contribution in [-0.2, 0) is 10.1 Å². The van der Waals surface area contributed by atoms with Crippen molar-refractivity contribution >= 4 is 32.1 Å². The molecule has 5 heteroatoms. The molecule has 20 heavy (non-hydrogen) atoms. The van der Waals surface area contributed by atoms with Crippen molar-refractivity contribution in [3.8, 4) is 5.75 Å². The fourth-order valence-electron chi connectivity index (χ4n) is 2.20. The molecule has 0 amide bonds. The maximum atomic E-state index is 11.7. The highest BCUT2D eigenvalue weighted by molar-refractivity contribution is 7.87. The second kappa shape index (κ2) is 4.83. The molecule has 104 valence electrons. The highest BCUT2D eigenvalue weighted by Crippen LogP contribution is 2.31. The van der Waals surface area contributed by atoms with Gasteiger partial charge in [-0.2, -0.15) is 8.42 Å². The van der Waals surface area contributed by atoms with Gasteiger partial charge in [0.1, 0.15) is 16.9 Å². The predicted molar refractivity (Wildman–Crippen MR) is 78.4 cm³/mol. The number of furan rings is 1. The van der Waals surface area contributed by atoms with Crippen LogP contribution in [0.1, 0.15) is 13.3 Å². The Morgan fingerprint density at radius 1 is 1.05 bits per heavy atom. The first kappa shape index (κ1) is 13.0. The Balaban J connectivity index is 2.08. The van der Waals surface area contributed by atoms with E-state index < -0.39 is 10.1 Å². The lowest BCUT2D eigenvalue weighted by atomic mass is 10.1. The monoisotopic (exact) mass is 290 g/mol. The Hall–Kier alpha value is -2.01. The van der Waals surface area contributed by atoms with Crippen LogP contribution in [-0.4, -0.2) is 14.2 Å². The summed E-state index contributed by atoms with van der Waals surface area (Å²) >= 11 is 0. The summed E-state index contributed by atoms with van der Waals surface area (Å²) in [6.45, 7) is 1.80. The van der Waals surface area contributed by atoms with Crippen molar-refractivity contribution < 1.29 is 17.0 Å². The van der Waals surface area contributed by atoms with Gasteiger partial charge in [-0.3, -0.25) is 0 Å². The normalized spacial score (nSPS) is 12.1. The number of hydrogen-bond acceptors (Lipinski definition) is 4. The first-order valence-corrected chi connectivity index (χ1v) is 8.00. The number of fused-ring (bicyclic) bond motifs is 3. The van der Waals surface area contributed by atoms with E-state index in [0.717, 1.165) is 16.4 Å². The second-order valence-electron chi connectivity index (χ2n) is 4.60. The van der Waals surface area contributed by atoms with E-state index in [-0.39, 0.29) is 5.75 Å². The molecule has 3 aromatic rings. The summed E-state index contributed by atoms with van der Waals surface area (Å²) in [6, 6.07) is 12.7. The highest BCUT2D eigenvalue weighted by Gasteiger charge is 2.13. The number of rotatable bonds is 4. The number of benzene rings is 2. The van der Waals surface area contributed by atoms with Crippen molar-refractivity contribution in [3.05, 3.63) is 42.5 Å². The third kappa shape index (κ3) is 2.36. The van der Waals surface area contributed by atoms with Crippen LogP contribution in [0.2, 0.25) is 0 Å². The number of para-hydroxylation sites is 1. The van der Waals surface area contributed by atoms with E-state index >= 15 is 0 Å². The van der Waals surface area contributed by atoms with Crippen LogP contribution in [0.5, 0.6) is 5.75 Å². The molecule has 0 radical (unpaired) electrons. The molecule has 2 aromatic carbocycles. The zero-order valence-corrected chi connectivity index (χ0v) is 11.8. The molecule has 0 unspecified atom stereocenters. The van der Waals surface area contributed by atoms with E-state index in [0.29, 0.717) is 17.8 Å². The summed E-state index contributed by atoms with van der Waals surface area (Å²) in [4.78, 5) is 0. The van der Waals surface area contributed by atoms with Gasteiger partial charge in [0.05, 0.1) is 5.75 Å². The summed E-state index contributed by atoms with van der Waals surface area (Å²) in [6.07, 6.45) is 0.527. The van der Waals surface area contributed by atoms with Crippen LogP contribution in [0.25, 0.3) is 21.9 Å². The van der Waals surface area contributed by atoms with Crippen molar-refractivity contribution in [2.45, 2.75) is 13.3 Å². The summed E-state index contributed by atoms with van der Waals surface area (Å²) in [5.74, 6) is 0.328. The van der Waals surface area contributed by atoms with Gasteiger partial charge in [-0.1, -0.05) is 25.1 Å². The molecule has 0 fully saturated rings. The second-order valence-corrected chi connectivity index (χ2v) is 6.29. The van der Waals surface area contributed by atoms with Crippen LogP contribution < -0.4 is 4.18 Å². The smallest absolute Gasteiger partial charge is 0.309 e. The van der Waals surface area contributed by atoms with Crippen molar-refractivity contribution in [2.75, 3.05) is 5.75 Å². The lowest BCUT2D eigenvalue weighted by Crippen LogP contribution is -2.12. The maximum absolute atomic E-state index is 11.7. The SMILES string of the molecule is CCCS(=O)(=O)Oc1ccc2oc3ccccc3c2c1. The summed E-state index contributed by atoms with van der Waals surface area (Å²) < 4.78 is 34.2. The quantitative estimate of drug-likeness (QED) is 0.687. The van der Waals surface area contributed by atoms with Gasteiger partial charge in [0.2, 0.25) is 0 Å². The van der Waals surface area contributed by atoms with Gasteiger partial charge in [-0.15, -0.1) is 0 Å². The maximum Gasteiger partial charge on any atom is 0.309 e. The molecule has 0 aliphatic rings. The lowest BCUT2D eigenvalue weighted by Gasteiger charge is -2.05. The van der Waals surface area contributed by atoms with Gasteiger partial charge >= 0.3 is 10.1 Å². The summed E-state index contributed by atoms with van der Waals surface area (Å²) in [5.41, 5.74) is 1.49. The van der Waals surface area contributed by atoms with Gasteiger partial charge in [0, 0.05) is 10.8 Å². The molecule has 4 nitrogen and oxygen atoms in total. The Morgan fingerprint density at radius 3 is 2.60 bits per heavy atom. The van der Waals surface area contributed by atoms with Crippen LogP contribution in [0.4, 0.5) is 0 Å². The van der Waals surface area contributed by atoms with Crippen molar-refractivity contribution in [1.82, 2.24) is 0 Å². The van der Waals surface area contributed by atoms with Crippen molar-refractivity contribution in [1.29, 1.82) is 0 Å². The van der Waals surface area contributed by atoms with E-state index in [1.165, 1.54) is 0 Å². The molecule has 0 saturated heterocycles. The minimum Gasteiger partial charge on any atom is -0.456 e. The van der Waals surface area contributed by atoms with E-state index in [9.17, 15) is 8.42 Å². The molecule has 0 spiro atoms. The first-order chi connectivity index (χ1) is 9.59. The minimum absolute atomic E-state index is 0.0111. The summed E-state index contributed by atoms with van der Waals surface area (Å²) in [7, 11) is -3.52.